The number of rotatable bonds is 10. The highest BCUT2D eigenvalue weighted by Crippen LogP contribution is 2.32. The van der Waals surface area contributed by atoms with Crippen molar-refractivity contribution < 1.29 is 28.5 Å². The second-order valence-electron chi connectivity index (χ2n) is 7.34. The van der Waals surface area contributed by atoms with Gasteiger partial charge in [-0.15, -0.1) is 11.8 Å². The number of methoxy groups -OCH3 is 4. The van der Waals surface area contributed by atoms with E-state index in [4.69, 9.17) is 18.9 Å². The van der Waals surface area contributed by atoms with Gasteiger partial charge in [-0.25, -0.2) is 0 Å². The fraction of sp³-hybridized carbons (Fsp3) is 0.231. The van der Waals surface area contributed by atoms with Gasteiger partial charge in [0.25, 0.3) is 5.91 Å². The van der Waals surface area contributed by atoms with Crippen molar-refractivity contribution in [3.63, 3.8) is 0 Å². The van der Waals surface area contributed by atoms with Crippen molar-refractivity contribution >= 4 is 35.0 Å². The Balaban J connectivity index is 1.70. The molecular weight excluding hydrogens is 468 g/mol. The van der Waals surface area contributed by atoms with Gasteiger partial charge >= 0.3 is 0 Å². The number of nitrogens with one attached hydrogen (secondary N) is 2. The molecule has 0 saturated carbocycles. The Kier molecular flexibility index (Phi) is 8.86. The highest BCUT2D eigenvalue weighted by molar-refractivity contribution is 8.00. The average Bonchev–Trinajstić information content (AvgIpc) is 2.88. The molecule has 0 aliphatic rings. The van der Waals surface area contributed by atoms with Crippen LogP contribution in [-0.4, -0.2) is 45.5 Å². The number of ether oxygens (including phenoxy) is 4. The topological polar surface area (TPSA) is 95.1 Å². The third kappa shape index (κ3) is 6.39. The predicted molar refractivity (Wildman–Crippen MR) is 137 cm³/mol. The summed E-state index contributed by atoms with van der Waals surface area (Å²) in [6, 6.07) is 17.6. The summed E-state index contributed by atoms with van der Waals surface area (Å²) in [5, 5.41) is 5.35. The SMILES string of the molecule is COc1ccc(NC(=O)C(C)Sc2cccc(NC(=O)c3c(OC)cccc3OC)c2)c(OC)c1. The highest BCUT2D eigenvalue weighted by atomic mass is 32.2. The Hall–Kier alpha value is -3.85. The van der Waals surface area contributed by atoms with E-state index < -0.39 is 5.25 Å². The molecule has 3 rings (SSSR count). The molecule has 2 N–H and O–H groups in total. The van der Waals surface area contributed by atoms with Gasteiger partial charge < -0.3 is 29.6 Å². The molecule has 0 aliphatic carbocycles. The zero-order chi connectivity index (χ0) is 25.4. The van der Waals surface area contributed by atoms with Crippen molar-refractivity contribution in [1.29, 1.82) is 0 Å². The van der Waals surface area contributed by atoms with Crippen LogP contribution in [0.25, 0.3) is 0 Å². The van der Waals surface area contributed by atoms with Gasteiger partial charge in [-0.05, 0) is 49.4 Å². The van der Waals surface area contributed by atoms with E-state index in [-0.39, 0.29) is 11.8 Å². The van der Waals surface area contributed by atoms with Crippen molar-refractivity contribution in [3.05, 3.63) is 66.2 Å². The molecule has 2 amide bonds. The molecule has 1 atom stereocenters. The van der Waals surface area contributed by atoms with E-state index in [0.717, 1.165) is 4.90 Å². The molecule has 0 radical (unpaired) electrons. The molecule has 9 heteroatoms. The quantitative estimate of drug-likeness (QED) is 0.378. The molecule has 1 unspecified atom stereocenters. The first-order chi connectivity index (χ1) is 16.9. The number of carbonyl (C=O) groups is 2. The van der Waals surface area contributed by atoms with Crippen LogP contribution in [0.2, 0.25) is 0 Å². The van der Waals surface area contributed by atoms with E-state index in [1.807, 2.05) is 18.2 Å². The van der Waals surface area contributed by atoms with Gasteiger partial charge in [0.15, 0.2) is 0 Å². The van der Waals surface area contributed by atoms with Crippen LogP contribution in [0.5, 0.6) is 23.0 Å². The Morgan fingerprint density at radius 2 is 1.43 bits per heavy atom. The summed E-state index contributed by atoms with van der Waals surface area (Å²) in [5.41, 5.74) is 1.44. The minimum Gasteiger partial charge on any atom is -0.497 e. The molecule has 3 aromatic carbocycles. The zero-order valence-corrected chi connectivity index (χ0v) is 21.0. The first kappa shape index (κ1) is 25.8. The van der Waals surface area contributed by atoms with E-state index in [9.17, 15) is 9.59 Å². The maximum Gasteiger partial charge on any atom is 0.263 e. The molecule has 0 spiro atoms. The normalized spacial score (nSPS) is 11.2. The summed E-state index contributed by atoms with van der Waals surface area (Å²) in [4.78, 5) is 26.6. The van der Waals surface area contributed by atoms with Crippen molar-refractivity contribution in [2.75, 3.05) is 39.1 Å². The van der Waals surface area contributed by atoms with Crippen LogP contribution in [-0.2, 0) is 4.79 Å². The Morgan fingerprint density at radius 1 is 0.771 bits per heavy atom. The molecule has 35 heavy (non-hydrogen) atoms. The van der Waals surface area contributed by atoms with Crippen LogP contribution < -0.4 is 29.6 Å². The summed E-state index contributed by atoms with van der Waals surface area (Å²) >= 11 is 1.37. The number of anilines is 2. The van der Waals surface area contributed by atoms with Crippen molar-refractivity contribution in [2.24, 2.45) is 0 Å². The van der Waals surface area contributed by atoms with Crippen LogP contribution in [0.3, 0.4) is 0 Å². The molecule has 0 fully saturated rings. The second kappa shape index (κ2) is 12.0. The number of hydrogen-bond acceptors (Lipinski definition) is 7. The smallest absolute Gasteiger partial charge is 0.263 e. The van der Waals surface area contributed by atoms with Crippen LogP contribution in [0.4, 0.5) is 11.4 Å². The number of amides is 2. The lowest BCUT2D eigenvalue weighted by molar-refractivity contribution is -0.115. The van der Waals surface area contributed by atoms with Crippen LogP contribution in [0.1, 0.15) is 17.3 Å². The van der Waals surface area contributed by atoms with Gasteiger partial charge in [-0.3, -0.25) is 9.59 Å². The molecule has 0 aliphatic heterocycles. The third-order valence-corrected chi connectivity index (χ3v) is 6.19. The van der Waals surface area contributed by atoms with Gasteiger partial charge in [0.05, 0.1) is 39.4 Å². The van der Waals surface area contributed by atoms with Gasteiger partial charge in [0.2, 0.25) is 5.91 Å². The number of hydrogen-bond donors (Lipinski definition) is 2. The number of benzene rings is 3. The Morgan fingerprint density at radius 3 is 2.06 bits per heavy atom. The maximum atomic E-state index is 13.0. The van der Waals surface area contributed by atoms with E-state index in [1.54, 1.807) is 56.5 Å². The van der Waals surface area contributed by atoms with Crippen molar-refractivity contribution in [2.45, 2.75) is 17.1 Å². The number of thioether (sulfide) groups is 1. The summed E-state index contributed by atoms with van der Waals surface area (Å²) in [6.45, 7) is 1.81. The molecule has 184 valence electrons. The molecule has 0 bridgehead atoms. The zero-order valence-electron chi connectivity index (χ0n) is 20.2. The van der Waals surface area contributed by atoms with E-state index in [0.29, 0.717) is 39.9 Å². The van der Waals surface area contributed by atoms with Crippen LogP contribution in [0.15, 0.2) is 65.6 Å². The first-order valence-electron chi connectivity index (χ1n) is 10.7. The van der Waals surface area contributed by atoms with E-state index >= 15 is 0 Å². The Bertz CT molecular complexity index is 1180. The lowest BCUT2D eigenvalue weighted by atomic mass is 10.1. The van der Waals surface area contributed by atoms with Crippen LogP contribution >= 0.6 is 11.8 Å². The minimum absolute atomic E-state index is 0.188. The van der Waals surface area contributed by atoms with E-state index in [1.165, 1.54) is 33.1 Å². The largest absolute Gasteiger partial charge is 0.497 e. The van der Waals surface area contributed by atoms with Gasteiger partial charge in [0.1, 0.15) is 28.6 Å². The van der Waals surface area contributed by atoms with Crippen LogP contribution in [0, 0.1) is 0 Å². The van der Waals surface area contributed by atoms with Crippen molar-refractivity contribution in [3.8, 4) is 23.0 Å². The summed E-state index contributed by atoms with van der Waals surface area (Å²) in [5.74, 6) is 1.40. The first-order valence-corrected chi connectivity index (χ1v) is 11.6. The highest BCUT2D eigenvalue weighted by Gasteiger charge is 2.20. The average molecular weight is 497 g/mol. The lowest BCUT2D eigenvalue weighted by Crippen LogP contribution is -2.22. The molecule has 3 aromatic rings. The molecular formula is C26H28N2O6S. The van der Waals surface area contributed by atoms with Gasteiger partial charge in [0, 0.05) is 16.6 Å². The molecule has 0 saturated heterocycles. The van der Waals surface area contributed by atoms with E-state index in [2.05, 4.69) is 10.6 Å². The third-order valence-electron chi connectivity index (χ3n) is 5.10. The summed E-state index contributed by atoms with van der Waals surface area (Å²) in [7, 11) is 6.09. The lowest BCUT2D eigenvalue weighted by Gasteiger charge is -2.16. The van der Waals surface area contributed by atoms with Crippen molar-refractivity contribution in [1.82, 2.24) is 0 Å². The standard InChI is InChI=1S/C26H28N2O6S/c1-16(25(29)28-20-13-12-18(31-2)15-23(20)34-5)35-19-9-6-8-17(14-19)27-26(30)24-21(32-3)10-7-11-22(24)33-4/h6-16H,1-5H3,(H,27,30)(H,28,29). The number of carbonyl (C=O) groups excluding carboxylic acids is 2. The predicted octanol–water partition coefficient (Wildman–Crippen LogP) is 5.09. The van der Waals surface area contributed by atoms with Gasteiger partial charge in [-0.2, -0.15) is 0 Å². The Labute approximate surface area is 208 Å². The second-order valence-corrected chi connectivity index (χ2v) is 8.75. The minimum atomic E-state index is -0.415. The molecule has 0 heterocycles. The fourth-order valence-electron chi connectivity index (χ4n) is 3.31. The monoisotopic (exact) mass is 496 g/mol. The molecule has 8 nitrogen and oxygen atoms in total. The fourth-order valence-corrected chi connectivity index (χ4v) is 4.24. The molecule has 0 aromatic heterocycles. The maximum absolute atomic E-state index is 13.0. The summed E-state index contributed by atoms with van der Waals surface area (Å²) < 4.78 is 21.2. The summed E-state index contributed by atoms with van der Waals surface area (Å²) in [6.07, 6.45) is 0. The van der Waals surface area contributed by atoms with Gasteiger partial charge in [-0.1, -0.05) is 12.1 Å².